The molecule has 1 unspecified atom stereocenters. The molecule has 0 saturated carbocycles. The summed E-state index contributed by atoms with van der Waals surface area (Å²) in [5.74, 6) is -0.0692. The number of fused-ring (bicyclic) bond motifs is 1. The molecule has 1 aliphatic rings. The number of nitrogens with zero attached hydrogens (tertiary/aromatic N) is 3. The molecule has 92 valence electrons. The van der Waals surface area contributed by atoms with Gasteiger partial charge in [0.2, 0.25) is 0 Å². The van der Waals surface area contributed by atoms with E-state index in [0.717, 1.165) is 42.8 Å². The minimum absolute atomic E-state index is 0.573. The zero-order valence-electron chi connectivity index (χ0n) is 10.2. The second-order valence-corrected chi connectivity index (χ2v) is 4.45. The zero-order chi connectivity index (χ0) is 12.4. The Bertz CT molecular complexity index is 434. The molecule has 1 N–H and O–H groups in total. The standard InChI is InChI=1S/C12H17N3O2/c1-8(12(16)17)15(2)11-9-5-3-4-6-10(9)13-7-14-11/h7-8H,3-6H2,1-2H3,(H,16,17). The van der Waals surface area contributed by atoms with Crippen LogP contribution in [0.15, 0.2) is 6.33 Å². The van der Waals surface area contributed by atoms with E-state index in [-0.39, 0.29) is 0 Å². The Hall–Kier alpha value is -1.65. The largest absolute Gasteiger partial charge is 0.480 e. The minimum atomic E-state index is -0.837. The first-order valence-corrected chi connectivity index (χ1v) is 5.89. The molecule has 1 aromatic heterocycles. The number of aliphatic carboxylic acids is 1. The summed E-state index contributed by atoms with van der Waals surface area (Å²) < 4.78 is 0. The molecule has 0 bridgehead atoms. The Morgan fingerprint density at radius 2 is 2.12 bits per heavy atom. The number of hydrogen-bond acceptors (Lipinski definition) is 4. The van der Waals surface area contributed by atoms with Crippen LogP contribution in [-0.2, 0) is 17.6 Å². The minimum Gasteiger partial charge on any atom is -0.480 e. The van der Waals surface area contributed by atoms with Crippen LogP contribution in [0.1, 0.15) is 31.0 Å². The number of rotatable bonds is 3. The first-order chi connectivity index (χ1) is 8.11. The Morgan fingerprint density at radius 1 is 1.41 bits per heavy atom. The van der Waals surface area contributed by atoms with Crippen molar-refractivity contribution in [2.75, 3.05) is 11.9 Å². The lowest BCUT2D eigenvalue weighted by Gasteiger charge is -2.27. The molecule has 0 aromatic carbocycles. The Kier molecular flexibility index (Phi) is 3.26. The van der Waals surface area contributed by atoms with E-state index in [1.165, 1.54) is 6.33 Å². The van der Waals surface area contributed by atoms with Crippen LogP contribution in [0.3, 0.4) is 0 Å². The summed E-state index contributed by atoms with van der Waals surface area (Å²) in [7, 11) is 1.77. The maximum absolute atomic E-state index is 11.0. The summed E-state index contributed by atoms with van der Waals surface area (Å²) >= 11 is 0. The van der Waals surface area contributed by atoms with Crippen molar-refractivity contribution in [1.29, 1.82) is 0 Å². The van der Waals surface area contributed by atoms with Crippen LogP contribution in [-0.4, -0.2) is 34.1 Å². The predicted molar refractivity (Wildman–Crippen MR) is 64.2 cm³/mol. The molecule has 5 nitrogen and oxygen atoms in total. The van der Waals surface area contributed by atoms with Gasteiger partial charge in [0.25, 0.3) is 0 Å². The maximum atomic E-state index is 11.0. The molecule has 1 heterocycles. The quantitative estimate of drug-likeness (QED) is 0.854. The Balaban J connectivity index is 2.35. The third-order valence-corrected chi connectivity index (χ3v) is 3.37. The van der Waals surface area contributed by atoms with Crippen LogP contribution in [0, 0.1) is 0 Å². The first kappa shape index (κ1) is 11.8. The summed E-state index contributed by atoms with van der Waals surface area (Å²) in [4.78, 5) is 21.2. The summed E-state index contributed by atoms with van der Waals surface area (Å²) in [6.07, 6.45) is 5.73. The second kappa shape index (κ2) is 4.69. The van der Waals surface area contributed by atoms with Crippen molar-refractivity contribution in [3.05, 3.63) is 17.6 Å². The molecular formula is C12H17N3O2. The maximum Gasteiger partial charge on any atom is 0.326 e. The zero-order valence-corrected chi connectivity index (χ0v) is 10.2. The Morgan fingerprint density at radius 3 is 2.82 bits per heavy atom. The highest BCUT2D eigenvalue weighted by atomic mass is 16.4. The lowest BCUT2D eigenvalue weighted by molar-refractivity contribution is -0.138. The van der Waals surface area contributed by atoms with Crippen LogP contribution in [0.25, 0.3) is 0 Å². The SMILES string of the molecule is CC(C(=O)O)N(C)c1ncnc2c1CCCC2. The summed E-state index contributed by atoms with van der Waals surface area (Å²) in [5.41, 5.74) is 2.19. The number of carboxylic acid groups (broad SMARTS) is 1. The molecule has 0 fully saturated rings. The van der Waals surface area contributed by atoms with Crippen molar-refractivity contribution in [1.82, 2.24) is 9.97 Å². The van der Waals surface area contributed by atoms with Crippen molar-refractivity contribution in [3.63, 3.8) is 0 Å². The van der Waals surface area contributed by atoms with Crippen LogP contribution in [0.4, 0.5) is 5.82 Å². The van der Waals surface area contributed by atoms with Crippen molar-refractivity contribution in [2.45, 2.75) is 38.6 Å². The van der Waals surface area contributed by atoms with Crippen LogP contribution in [0.2, 0.25) is 0 Å². The van der Waals surface area contributed by atoms with E-state index >= 15 is 0 Å². The molecule has 1 atom stereocenters. The fourth-order valence-corrected chi connectivity index (χ4v) is 2.16. The molecule has 1 aromatic rings. The lowest BCUT2D eigenvalue weighted by atomic mass is 9.96. The normalized spacial score (nSPS) is 16.1. The van der Waals surface area contributed by atoms with Crippen molar-refractivity contribution < 1.29 is 9.90 Å². The Labute approximate surface area is 100 Å². The van der Waals surface area contributed by atoms with Gasteiger partial charge in [0, 0.05) is 18.3 Å². The number of hydrogen-bond donors (Lipinski definition) is 1. The van der Waals surface area contributed by atoms with E-state index in [4.69, 9.17) is 5.11 Å². The third kappa shape index (κ3) is 2.23. The fourth-order valence-electron chi connectivity index (χ4n) is 2.16. The summed E-state index contributed by atoms with van der Waals surface area (Å²) in [5, 5.41) is 9.03. The summed E-state index contributed by atoms with van der Waals surface area (Å²) in [6, 6.07) is -0.573. The number of carbonyl (C=O) groups is 1. The van der Waals surface area contributed by atoms with Gasteiger partial charge in [-0.2, -0.15) is 0 Å². The van der Waals surface area contributed by atoms with Gasteiger partial charge in [-0.1, -0.05) is 0 Å². The van der Waals surface area contributed by atoms with Gasteiger partial charge >= 0.3 is 5.97 Å². The van der Waals surface area contributed by atoms with E-state index in [2.05, 4.69) is 9.97 Å². The van der Waals surface area contributed by atoms with Crippen molar-refractivity contribution in [3.8, 4) is 0 Å². The molecular weight excluding hydrogens is 218 g/mol. The molecule has 0 aliphatic heterocycles. The number of anilines is 1. The van der Waals surface area contributed by atoms with Gasteiger partial charge in [0.05, 0.1) is 0 Å². The van der Waals surface area contributed by atoms with Gasteiger partial charge in [-0.25, -0.2) is 14.8 Å². The predicted octanol–water partition coefficient (Wildman–Crippen LogP) is 1.26. The van der Waals surface area contributed by atoms with Gasteiger partial charge in [-0.05, 0) is 32.6 Å². The molecule has 5 heteroatoms. The highest BCUT2D eigenvalue weighted by Crippen LogP contribution is 2.27. The van der Waals surface area contributed by atoms with Gasteiger partial charge in [0.15, 0.2) is 0 Å². The number of aryl methyl sites for hydroxylation is 1. The van der Waals surface area contributed by atoms with Gasteiger partial charge < -0.3 is 10.0 Å². The monoisotopic (exact) mass is 235 g/mol. The van der Waals surface area contributed by atoms with Gasteiger partial charge in [-0.3, -0.25) is 0 Å². The molecule has 0 saturated heterocycles. The van der Waals surface area contributed by atoms with Crippen molar-refractivity contribution in [2.24, 2.45) is 0 Å². The molecule has 1 aliphatic carbocycles. The van der Waals surface area contributed by atoms with E-state index in [9.17, 15) is 4.79 Å². The third-order valence-electron chi connectivity index (χ3n) is 3.37. The molecule has 0 radical (unpaired) electrons. The van der Waals surface area contributed by atoms with Crippen LogP contribution in [0.5, 0.6) is 0 Å². The summed E-state index contributed by atoms with van der Waals surface area (Å²) in [6.45, 7) is 1.67. The van der Waals surface area contributed by atoms with Gasteiger partial charge in [0.1, 0.15) is 18.2 Å². The number of carboxylic acids is 1. The smallest absolute Gasteiger partial charge is 0.326 e. The molecule has 0 spiro atoms. The molecule has 17 heavy (non-hydrogen) atoms. The van der Waals surface area contributed by atoms with E-state index in [0.29, 0.717) is 0 Å². The van der Waals surface area contributed by atoms with Crippen LogP contribution < -0.4 is 4.90 Å². The topological polar surface area (TPSA) is 66.3 Å². The van der Waals surface area contributed by atoms with Crippen molar-refractivity contribution >= 4 is 11.8 Å². The average molecular weight is 235 g/mol. The van der Waals surface area contributed by atoms with Crippen LogP contribution >= 0.6 is 0 Å². The fraction of sp³-hybridized carbons (Fsp3) is 0.583. The second-order valence-electron chi connectivity index (χ2n) is 4.45. The number of likely N-dealkylation sites (N-methyl/N-ethyl adjacent to an activating group) is 1. The average Bonchev–Trinajstić information content (AvgIpc) is 2.36. The lowest BCUT2D eigenvalue weighted by Crippen LogP contribution is -2.37. The van der Waals surface area contributed by atoms with E-state index in [1.54, 1.807) is 18.9 Å². The number of aromatic nitrogens is 2. The highest BCUT2D eigenvalue weighted by Gasteiger charge is 2.23. The molecule has 0 amide bonds. The van der Waals surface area contributed by atoms with Gasteiger partial charge in [-0.15, -0.1) is 0 Å². The first-order valence-electron chi connectivity index (χ1n) is 5.89. The highest BCUT2D eigenvalue weighted by molar-refractivity contribution is 5.77. The molecule has 2 rings (SSSR count). The van der Waals surface area contributed by atoms with E-state index < -0.39 is 12.0 Å². The van der Waals surface area contributed by atoms with E-state index in [1.807, 2.05) is 0 Å².